The molecule has 1 aliphatic rings. The van der Waals surface area contributed by atoms with Crippen molar-refractivity contribution >= 4 is 23.2 Å². The average molecular weight is 367 g/mol. The van der Waals surface area contributed by atoms with Crippen molar-refractivity contribution in [3.05, 3.63) is 70.3 Å². The van der Waals surface area contributed by atoms with Crippen LogP contribution in [0.4, 0.5) is 11.4 Å². The number of carbonyl (C=O) groups is 2. The van der Waals surface area contributed by atoms with Gasteiger partial charge >= 0.3 is 0 Å². The van der Waals surface area contributed by atoms with Crippen LogP contribution in [0.3, 0.4) is 0 Å². The van der Waals surface area contributed by atoms with Crippen LogP contribution in [0.2, 0.25) is 0 Å². The van der Waals surface area contributed by atoms with Crippen molar-refractivity contribution in [1.82, 2.24) is 4.90 Å². The molecule has 1 aliphatic heterocycles. The molecule has 7 nitrogen and oxygen atoms in total. The van der Waals surface area contributed by atoms with E-state index >= 15 is 0 Å². The fourth-order valence-electron chi connectivity index (χ4n) is 3.26. The molecule has 0 aromatic heterocycles. The van der Waals surface area contributed by atoms with E-state index in [1.165, 1.54) is 12.1 Å². The number of hydrogen-bond donors (Lipinski definition) is 0. The molecule has 0 radical (unpaired) electrons. The summed E-state index contributed by atoms with van der Waals surface area (Å²) in [5.74, 6) is -0.216. The highest BCUT2D eigenvalue weighted by Gasteiger charge is 2.34. The molecule has 1 atom stereocenters. The first-order valence-corrected chi connectivity index (χ1v) is 8.86. The maximum absolute atomic E-state index is 12.7. The molecule has 0 saturated carbocycles. The van der Waals surface area contributed by atoms with Crippen molar-refractivity contribution in [3.63, 3.8) is 0 Å². The number of nitro benzene ring substituents is 1. The van der Waals surface area contributed by atoms with Gasteiger partial charge in [-0.3, -0.25) is 19.7 Å². The molecular weight excluding hydrogens is 346 g/mol. The Morgan fingerprint density at radius 3 is 2.41 bits per heavy atom. The lowest BCUT2D eigenvalue weighted by atomic mass is 10.1. The van der Waals surface area contributed by atoms with Crippen molar-refractivity contribution in [2.75, 3.05) is 18.0 Å². The third kappa shape index (κ3) is 4.13. The highest BCUT2D eigenvalue weighted by molar-refractivity contribution is 6.00. The standard InChI is InChI=1S/C20H21N3O4/c1-15-20(25)22(17-8-10-18(11-9-17)23(26)27)14-13-21(15)19(24)12-7-16-5-3-2-4-6-16/h2-6,8-11,15H,7,12-14H2,1H3/t15-/m1/s1. The number of piperazine rings is 1. The summed E-state index contributed by atoms with van der Waals surface area (Å²) in [4.78, 5) is 38.8. The van der Waals surface area contributed by atoms with E-state index in [0.717, 1.165) is 5.56 Å². The minimum atomic E-state index is -0.558. The zero-order valence-corrected chi connectivity index (χ0v) is 15.1. The van der Waals surface area contributed by atoms with E-state index < -0.39 is 11.0 Å². The lowest BCUT2D eigenvalue weighted by molar-refractivity contribution is -0.384. The third-order valence-corrected chi connectivity index (χ3v) is 4.82. The summed E-state index contributed by atoms with van der Waals surface area (Å²) in [6.07, 6.45) is 1.00. The van der Waals surface area contributed by atoms with Crippen LogP contribution >= 0.6 is 0 Å². The largest absolute Gasteiger partial charge is 0.329 e. The maximum Gasteiger partial charge on any atom is 0.269 e. The topological polar surface area (TPSA) is 83.8 Å². The average Bonchev–Trinajstić information content (AvgIpc) is 2.69. The van der Waals surface area contributed by atoms with Crippen molar-refractivity contribution < 1.29 is 14.5 Å². The van der Waals surface area contributed by atoms with Gasteiger partial charge in [0.1, 0.15) is 6.04 Å². The van der Waals surface area contributed by atoms with Crippen LogP contribution in [0.15, 0.2) is 54.6 Å². The number of benzene rings is 2. The summed E-state index contributed by atoms with van der Waals surface area (Å²) in [6.45, 7) is 2.54. The van der Waals surface area contributed by atoms with Crippen LogP contribution in [0, 0.1) is 10.1 Å². The summed E-state index contributed by atoms with van der Waals surface area (Å²) in [7, 11) is 0. The van der Waals surface area contributed by atoms with E-state index in [4.69, 9.17) is 0 Å². The number of amides is 2. The molecule has 2 aromatic carbocycles. The van der Waals surface area contributed by atoms with Crippen molar-refractivity contribution in [3.8, 4) is 0 Å². The molecule has 0 N–H and O–H groups in total. The summed E-state index contributed by atoms with van der Waals surface area (Å²) in [5.41, 5.74) is 1.68. The van der Waals surface area contributed by atoms with E-state index in [9.17, 15) is 19.7 Å². The van der Waals surface area contributed by atoms with Gasteiger partial charge in [0.15, 0.2) is 0 Å². The minimum Gasteiger partial charge on any atom is -0.329 e. The molecule has 2 amide bonds. The number of nitro groups is 1. The second kappa shape index (κ2) is 7.99. The summed E-state index contributed by atoms with van der Waals surface area (Å²) in [6, 6.07) is 15.1. The SMILES string of the molecule is C[C@@H]1C(=O)N(c2ccc([N+](=O)[O-])cc2)CCN1C(=O)CCc1ccccc1. The van der Waals surface area contributed by atoms with E-state index in [1.807, 2.05) is 30.3 Å². The Hall–Kier alpha value is -3.22. The smallest absolute Gasteiger partial charge is 0.269 e. The fraction of sp³-hybridized carbons (Fsp3) is 0.300. The second-order valence-corrected chi connectivity index (χ2v) is 6.51. The first-order chi connectivity index (χ1) is 13.0. The van der Waals surface area contributed by atoms with Crippen LogP contribution in [0.25, 0.3) is 0 Å². The van der Waals surface area contributed by atoms with Crippen molar-refractivity contribution in [2.45, 2.75) is 25.8 Å². The highest BCUT2D eigenvalue weighted by atomic mass is 16.6. The predicted octanol–water partition coefficient (Wildman–Crippen LogP) is 2.79. The monoisotopic (exact) mass is 367 g/mol. The molecule has 0 spiro atoms. The van der Waals surface area contributed by atoms with Gasteiger partial charge in [-0.2, -0.15) is 0 Å². The second-order valence-electron chi connectivity index (χ2n) is 6.51. The van der Waals surface area contributed by atoms with E-state index in [1.54, 1.807) is 28.9 Å². The molecule has 1 heterocycles. The molecule has 3 rings (SSSR count). The van der Waals surface area contributed by atoms with E-state index in [2.05, 4.69) is 0 Å². The van der Waals surface area contributed by atoms with Gasteiger partial charge in [-0.05, 0) is 31.0 Å². The zero-order chi connectivity index (χ0) is 19.4. The zero-order valence-electron chi connectivity index (χ0n) is 15.1. The lowest BCUT2D eigenvalue weighted by Gasteiger charge is -2.39. The van der Waals surface area contributed by atoms with Crippen molar-refractivity contribution in [2.24, 2.45) is 0 Å². The molecule has 7 heteroatoms. The Kier molecular flexibility index (Phi) is 5.49. The number of anilines is 1. The van der Waals surface area contributed by atoms with Gasteiger partial charge in [-0.1, -0.05) is 30.3 Å². The molecular formula is C20H21N3O4. The van der Waals surface area contributed by atoms with Gasteiger partial charge in [0, 0.05) is 37.3 Å². The molecule has 140 valence electrons. The van der Waals surface area contributed by atoms with E-state index in [-0.39, 0.29) is 17.5 Å². The minimum absolute atomic E-state index is 0.0195. The van der Waals surface area contributed by atoms with Gasteiger partial charge in [-0.15, -0.1) is 0 Å². The first-order valence-electron chi connectivity index (χ1n) is 8.86. The molecule has 1 saturated heterocycles. The highest BCUT2D eigenvalue weighted by Crippen LogP contribution is 2.23. The molecule has 0 aliphatic carbocycles. The van der Waals surface area contributed by atoms with Gasteiger partial charge in [-0.25, -0.2) is 0 Å². The fourth-order valence-corrected chi connectivity index (χ4v) is 3.26. The van der Waals surface area contributed by atoms with Crippen LogP contribution in [-0.4, -0.2) is 40.8 Å². The van der Waals surface area contributed by atoms with E-state index in [0.29, 0.717) is 31.6 Å². The molecule has 0 unspecified atom stereocenters. The van der Waals surface area contributed by atoms with Gasteiger partial charge in [0.05, 0.1) is 4.92 Å². The molecule has 2 aromatic rings. The number of non-ortho nitro benzene ring substituents is 1. The number of hydrogen-bond acceptors (Lipinski definition) is 4. The Morgan fingerprint density at radius 1 is 1.11 bits per heavy atom. The first kappa shape index (κ1) is 18.6. The normalized spacial score (nSPS) is 17.1. The molecule has 27 heavy (non-hydrogen) atoms. The van der Waals surface area contributed by atoms with Crippen molar-refractivity contribution in [1.29, 1.82) is 0 Å². The number of carbonyl (C=O) groups excluding carboxylic acids is 2. The predicted molar refractivity (Wildman–Crippen MR) is 101 cm³/mol. The Bertz CT molecular complexity index is 836. The maximum atomic E-state index is 12.7. The Labute approximate surface area is 157 Å². The summed E-state index contributed by atoms with van der Waals surface area (Å²) in [5, 5.41) is 10.8. The van der Waals surface area contributed by atoms with Crippen LogP contribution in [0.5, 0.6) is 0 Å². The number of nitrogens with zero attached hydrogens (tertiary/aromatic N) is 3. The summed E-state index contributed by atoms with van der Waals surface area (Å²) >= 11 is 0. The number of aryl methyl sites for hydroxylation is 1. The van der Waals surface area contributed by atoms with Gasteiger partial charge < -0.3 is 9.80 Å². The third-order valence-electron chi connectivity index (χ3n) is 4.82. The molecule has 0 bridgehead atoms. The lowest BCUT2D eigenvalue weighted by Crippen LogP contribution is -2.57. The van der Waals surface area contributed by atoms with Crippen LogP contribution < -0.4 is 4.90 Å². The van der Waals surface area contributed by atoms with Gasteiger partial charge in [0.2, 0.25) is 11.8 Å². The quantitative estimate of drug-likeness (QED) is 0.601. The van der Waals surface area contributed by atoms with Crippen LogP contribution in [0.1, 0.15) is 18.9 Å². The number of rotatable bonds is 5. The Balaban J connectivity index is 1.63. The van der Waals surface area contributed by atoms with Gasteiger partial charge in [0.25, 0.3) is 5.69 Å². The van der Waals surface area contributed by atoms with Crippen LogP contribution in [-0.2, 0) is 16.0 Å². The summed E-state index contributed by atoms with van der Waals surface area (Å²) < 4.78 is 0. The molecule has 1 fully saturated rings. The Morgan fingerprint density at radius 2 is 1.78 bits per heavy atom.